The van der Waals surface area contributed by atoms with Crippen LogP contribution >= 0.6 is 47.8 Å². The summed E-state index contributed by atoms with van der Waals surface area (Å²) in [7, 11) is 0. The largest absolute Gasteiger partial charge is 0.492 e. The first-order valence-electron chi connectivity index (χ1n) is 3.85. The van der Waals surface area contributed by atoms with Crippen LogP contribution in [0.2, 0.25) is 0 Å². The first-order valence-corrected chi connectivity index (χ1v) is 6.56. The van der Waals surface area contributed by atoms with Crippen molar-refractivity contribution in [1.82, 2.24) is 0 Å². The van der Waals surface area contributed by atoms with E-state index < -0.39 is 0 Å². The highest BCUT2D eigenvalue weighted by Crippen LogP contribution is 2.35. The predicted molar refractivity (Wildman–Crippen MR) is 65.6 cm³/mol. The maximum Gasteiger partial charge on any atom is 0.147 e. The summed E-state index contributed by atoms with van der Waals surface area (Å²) in [5, 5.41) is 0.844. The molecule has 0 heterocycles. The van der Waals surface area contributed by atoms with Gasteiger partial charge < -0.3 is 4.74 Å². The monoisotopic (exact) mass is 370 g/mol. The molecule has 4 heteroatoms. The summed E-state index contributed by atoms with van der Waals surface area (Å²) >= 11 is 10.3. The number of ether oxygens (including phenoxy) is 1. The Labute approximate surface area is 103 Å². The van der Waals surface area contributed by atoms with Gasteiger partial charge in [-0.1, -0.05) is 15.9 Å². The Morgan fingerprint density at radius 2 is 1.77 bits per heavy atom. The summed E-state index contributed by atoms with van der Waals surface area (Å²) in [5.41, 5.74) is 1.21. The van der Waals surface area contributed by atoms with Crippen LogP contribution < -0.4 is 4.74 Å². The number of rotatable bonds is 3. The Morgan fingerprint density at radius 1 is 1.23 bits per heavy atom. The molecule has 0 saturated heterocycles. The summed E-state index contributed by atoms with van der Waals surface area (Å²) in [6, 6.07) is 4.09. The van der Waals surface area contributed by atoms with Gasteiger partial charge in [-0.3, -0.25) is 0 Å². The standard InChI is InChI=1S/C9H9Br3O/c1-2-13-9-7(11)3-6(5-10)4-8(9)12/h3-4H,2,5H2,1H3. The molecule has 0 N–H and O–H groups in total. The fraction of sp³-hybridized carbons (Fsp3) is 0.333. The van der Waals surface area contributed by atoms with E-state index in [2.05, 4.69) is 47.8 Å². The highest BCUT2D eigenvalue weighted by Gasteiger charge is 2.07. The van der Waals surface area contributed by atoms with Gasteiger partial charge in [0.1, 0.15) is 5.75 Å². The van der Waals surface area contributed by atoms with Crippen LogP contribution in [0.3, 0.4) is 0 Å². The molecule has 0 aliphatic heterocycles. The Morgan fingerprint density at radius 3 is 2.15 bits per heavy atom. The molecule has 1 aromatic carbocycles. The SMILES string of the molecule is CCOc1c(Br)cc(CBr)cc1Br. The summed E-state index contributed by atoms with van der Waals surface area (Å²) in [5.74, 6) is 0.868. The van der Waals surface area contributed by atoms with Crippen molar-refractivity contribution in [3.8, 4) is 5.75 Å². The van der Waals surface area contributed by atoms with Crippen LogP contribution in [0.5, 0.6) is 5.75 Å². The second-order valence-corrected chi connectivity index (χ2v) is 4.72. The number of hydrogen-bond donors (Lipinski definition) is 0. The number of alkyl halides is 1. The van der Waals surface area contributed by atoms with Crippen molar-refractivity contribution in [2.24, 2.45) is 0 Å². The third kappa shape index (κ3) is 2.96. The van der Waals surface area contributed by atoms with Gasteiger partial charge in [-0.15, -0.1) is 0 Å². The Balaban J connectivity index is 3.07. The fourth-order valence-electron chi connectivity index (χ4n) is 0.972. The first-order chi connectivity index (χ1) is 6.19. The van der Waals surface area contributed by atoms with Gasteiger partial charge in [0, 0.05) is 5.33 Å². The lowest BCUT2D eigenvalue weighted by molar-refractivity contribution is 0.336. The van der Waals surface area contributed by atoms with Gasteiger partial charge in [-0.25, -0.2) is 0 Å². The minimum atomic E-state index is 0.671. The molecule has 0 spiro atoms. The summed E-state index contributed by atoms with van der Waals surface area (Å²) in [6.07, 6.45) is 0. The van der Waals surface area contributed by atoms with Crippen LogP contribution in [0.4, 0.5) is 0 Å². The molecule has 1 rings (SSSR count). The normalized spacial score (nSPS) is 10.2. The van der Waals surface area contributed by atoms with E-state index in [1.807, 2.05) is 19.1 Å². The van der Waals surface area contributed by atoms with Crippen molar-refractivity contribution in [3.05, 3.63) is 26.6 Å². The van der Waals surface area contributed by atoms with E-state index >= 15 is 0 Å². The summed E-state index contributed by atoms with van der Waals surface area (Å²) < 4.78 is 7.43. The van der Waals surface area contributed by atoms with Gasteiger partial charge in [0.15, 0.2) is 0 Å². The maximum atomic E-state index is 5.46. The van der Waals surface area contributed by atoms with E-state index in [1.165, 1.54) is 5.56 Å². The van der Waals surface area contributed by atoms with E-state index in [0.29, 0.717) is 6.61 Å². The quantitative estimate of drug-likeness (QED) is 0.709. The van der Waals surface area contributed by atoms with Crippen LogP contribution in [0.15, 0.2) is 21.1 Å². The molecular weight excluding hydrogens is 364 g/mol. The molecule has 0 aliphatic rings. The molecule has 1 nitrogen and oxygen atoms in total. The van der Waals surface area contributed by atoms with Crippen molar-refractivity contribution in [2.75, 3.05) is 6.61 Å². The topological polar surface area (TPSA) is 9.23 Å². The zero-order valence-corrected chi connectivity index (χ0v) is 11.9. The van der Waals surface area contributed by atoms with Crippen LogP contribution in [0.1, 0.15) is 12.5 Å². The molecule has 0 aromatic heterocycles. The van der Waals surface area contributed by atoms with Crippen LogP contribution in [-0.4, -0.2) is 6.61 Å². The Bertz CT molecular complexity index is 276. The second-order valence-electron chi connectivity index (χ2n) is 2.46. The van der Waals surface area contributed by atoms with Gasteiger partial charge in [0.2, 0.25) is 0 Å². The minimum Gasteiger partial charge on any atom is -0.492 e. The molecule has 0 atom stereocenters. The average Bonchev–Trinajstić information content (AvgIpc) is 2.11. The highest BCUT2D eigenvalue weighted by atomic mass is 79.9. The minimum absolute atomic E-state index is 0.671. The molecular formula is C9H9Br3O. The van der Waals surface area contributed by atoms with Crippen LogP contribution in [0, 0.1) is 0 Å². The molecule has 1 aromatic rings. The van der Waals surface area contributed by atoms with E-state index in [0.717, 1.165) is 20.0 Å². The second kappa shape index (κ2) is 5.37. The molecule has 0 aliphatic carbocycles. The van der Waals surface area contributed by atoms with E-state index in [-0.39, 0.29) is 0 Å². The van der Waals surface area contributed by atoms with Gasteiger partial charge in [0.25, 0.3) is 0 Å². The third-order valence-corrected chi connectivity index (χ3v) is 3.33. The molecule has 0 amide bonds. The van der Waals surface area contributed by atoms with E-state index in [1.54, 1.807) is 0 Å². The zero-order valence-electron chi connectivity index (χ0n) is 7.11. The Kier molecular flexibility index (Phi) is 4.76. The fourth-order valence-corrected chi connectivity index (χ4v) is 2.81. The van der Waals surface area contributed by atoms with Crippen molar-refractivity contribution in [3.63, 3.8) is 0 Å². The average molecular weight is 373 g/mol. The van der Waals surface area contributed by atoms with Gasteiger partial charge in [0.05, 0.1) is 15.6 Å². The van der Waals surface area contributed by atoms with Gasteiger partial charge in [-0.2, -0.15) is 0 Å². The van der Waals surface area contributed by atoms with Crippen molar-refractivity contribution in [1.29, 1.82) is 0 Å². The lowest BCUT2D eigenvalue weighted by atomic mass is 10.2. The van der Waals surface area contributed by atoms with Crippen molar-refractivity contribution in [2.45, 2.75) is 12.3 Å². The van der Waals surface area contributed by atoms with Crippen LogP contribution in [0.25, 0.3) is 0 Å². The first kappa shape index (κ1) is 11.5. The lowest BCUT2D eigenvalue weighted by Gasteiger charge is -2.09. The number of halogens is 3. The van der Waals surface area contributed by atoms with E-state index in [4.69, 9.17) is 4.74 Å². The maximum absolute atomic E-state index is 5.46. The van der Waals surface area contributed by atoms with E-state index in [9.17, 15) is 0 Å². The molecule has 0 fully saturated rings. The lowest BCUT2D eigenvalue weighted by Crippen LogP contribution is -1.94. The molecule has 13 heavy (non-hydrogen) atoms. The Hall–Kier alpha value is 0.460. The number of hydrogen-bond acceptors (Lipinski definition) is 1. The predicted octanol–water partition coefficient (Wildman–Crippen LogP) is 4.51. The van der Waals surface area contributed by atoms with Crippen molar-refractivity contribution >= 4 is 47.8 Å². The van der Waals surface area contributed by atoms with Gasteiger partial charge >= 0.3 is 0 Å². The zero-order chi connectivity index (χ0) is 9.84. The molecule has 72 valence electrons. The van der Waals surface area contributed by atoms with Crippen molar-refractivity contribution < 1.29 is 4.74 Å². The van der Waals surface area contributed by atoms with Gasteiger partial charge in [-0.05, 0) is 56.5 Å². The molecule has 0 radical (unpaired) electrons. The molecule has 0 unspecified atom stereocenters. The smallest absolute Gasteiger partial charge is 0.147 e. The third-order valence-electron chi connectivity index (χ3n) is 1.50. The summed E-state index contributed by atoms with van der Waals surface area (Å²) in [4.78, 5) is 0. The molecule has 0 bridgehead atoms. The highest BCUT2D eigenvalue weighted by molar-refractivity contribution is 9.11. The molecule has 0 saturated carbocycles. The van der Waals surface area contributed by atoms with Crippen LogP contribution in [-0.2, 0) is 5.33 Å². The summed E-state index contributed by atoms with van der Waals surface area (Å²) in [6.45, 7) is 2.64. The number of benzene rings is 1.